The smallest absolute Gasteiger partial charge is 0.141 e. The topological polar surface area (TPSA) is 91.3 Å². The van der Waals surface area contributed by atoms with Crippen LogP contribution in [0.15, 0.2) is 84.4 Å². The van der Waals surface area contributed by atoms with Gasteiger partial charge < -0.3 is 16.1 Å². The van der Waals surface area contributed by atoms with Gasteiger partial charge >= 0.3 is 0 Å². The van der Waals surface area contributed by atoms with Crippen LogP contribution in [0, 0.1) is 17.1 Å². The number of rotatable bonds is 11. The Kier molecular flexibility index (Phi) is 10.3. The van der Waals surface area contributed by atoms with Crippen molar-refractivity contribution in [2.75, 3.05) is 30.3 Å². The van der Waals surface area contributed by atoms with Crippen LogP contribution in [0.3, 0.4) is 0 Å². The lowest BCUT2D eigenvalue weighted by Crippen LogP contribution is -2.42. The summed E-state index contributed by atoms with van der Waals surface area (Å²) in [6, 6.07) is 10.0. The van der Waals surface area contributed by atoms with Crippen molar-refractivity contribution >= 4 is 51.2 Å². The van der Waals surface area contributed by atoms with Crippen LogP contribution in [0.5, 0.6) is 0 Å². The molecule has 0 unspecified atom stereocenters. The largest absolute Gasteiger partial charge is 0.373 e. The van der Waals surface area contributed by atoms with Crippen molar-refractivity contribution in [1.29, 1.82) is 5.26 Å². The van der Waals surface area contributed by atoms with Crippen molar-refractivity contribution in [1.82, 2.24) is 25.9 Å². The summed E-state index contributed by atoms with van der Waals surface area (Å²) < 4.78 is 13.8. The molecular formula is C34H37Cl2FN8. The quantitative estimate of drug-likeness (QED) is 0.157. The fraction of sp³-hybridized carbons (Fsp3) is 0.294. The van der Waals surface area contributed by atoms with Crippen LogP contribution in [0.4, 0.5) is 21.5 Å². The molecule has 3 heterocycles. The van der Waals surface area contributed by atoms with Crippen LogP contribution >= 0.6 is 23.2 Å². The molecule has 5 rings (SSSR count). The molecule has 3 aromatic rings. The number of pyridine rings is 1. The molecule has 11 heteroatoms. The van der Waals surface area contributed by atoms with Gasteiger partial charge in [-0.1, -0.05) is 53.6 Å². The van der Waals surface area contributed by atoms with E-state index in [-0.39, 0.29) is 17.1 Å². The lowest BCUT2D eigenvalue weighted by Gasteiger charge is -2.22. The lowest BCUT2D eigenvalue weighted by atomic mass is 10.0. The number of halogens is 3. The maximum Gasteiger partial charge on any atom is 0.141 e. The molecule has 1 fully saturated rings. The summed E-state index contributed by atoms with van der Waals surface area (Å²) >= 11 is 12.8. The highest BCUT2D eigenvalue weighted by Crippen LogP contribution is 2.36. The third kappa shape index (κ3) is 7.78. The molecule has 2 aliphatic rings. The van der Waals surface area contributed by atoms with Crippen molar-refractivity contribution in [3.05, 3.63) is 106 Å². The van der Waals surface area contributed by atoms with Crippen LogP contribution < -0.4 is 21.6 Å². The monoisotopic (exact) mass is 646 g/mol. The zero-order valence-electron chi connectivity index (χ0n) is 25.6. The van der Waals surface area contributed by atoms with Gasteiger partial charge in [0.2, 0.25) is 0 Å². The Morgan fingerprint density at radius 3 is 2.62 bits per heavy atom. The predicted molar refractivity (Wildman–Crippen MR) is 183 cm³/mol. The second-order valence-corrected chi connectivity index (χ2v) is 12.4. The molecule has 45 heavy (non-hydrogen) atoms. The van der Waals surface area contributed by atoms with Gasteiger partial charge in [-0.2, -0.15) is 5.26 Å². The van der Waals surface area contributed by atoms with Gasteiger partial charge in [-0.15, -0.1) is 5.53 Å². The molecule has 1 saturated heterocycles. The van der Waals surface area contributed by atoms with E-state index in [2.05, 4.69) is 71.0 Å². The molecule has 1 atom stereocenters. The summed E-state index contributed by atoms with van der Waals surface area (Å²) in [6.07, 6.45) is 12.2. The Balaban J connectivity index is 1.48. The summed E-state index contributed by atoms with van der Waals surface area (Å²) in [5, 5.41) is 19.7. The minimum absolute atomic E-state index is 0.0332. The van der Waals surface area contributed by atoms with Crippen LogP contribution in [-0.2, 0) is 0 Å². The second kappa shape index (κ2) is 14.4. The summed E-state index contributed by atoms with van der Waals surface area (Å²) in [5.41, 5.74) is 12.0. The van der Waals surface area contributed by atoms with Crippen LogP contribution in [-0.4, -0.2) is 46.6 Å². The molecule has 0 spiro atoms. The Bertz CT molecular complexity index is 1720. The fourth-order valence-corrected chi connectivity index (χ4v) is 5.81. The van der Waals surface area contributed by atoms with Gasteiger partial charge in [0.15, 0.2) is 0 Å². The van der Waals surface area contributed by atoms with Crippen LogP contribution in [0.1, 0.15) is 39.2 Å². The Labute approximate surface area is 273 Å². The first-order valence-electron chi connectivity index (χ1n) is 14.9. The lowest BCUT2D eigenvalue weighted by molar-refractivity contribution is 0.221. The first-order valence-corrected chi connectivity index (χ1v) is 15.7. The van der Waals surface area contributed by atoms with Crippen molar-refractivity contribution in [3.8, 4) is 6.07 Å². The third-order valence-electron chi connectivity index (χ3n) is 7.75. The molecule has 2 aromatic carbocycles. The van der Waals surface area contributed by atoms with E-state index in [1.165, 1.54) is 36.7 Å². The Morgan fingerprint density at radius 2 is 1.93 bits per heavy atom. The number of benzene rings is 2. The predicted octanol–water partition coefficient (Wildman–Crippen LogP) is 7.81. The minimum Gasteiger partial charge on any atom is -0.373 e. The summed E-state index contributed by atoms with van der Waals surface area (Å²) in [6.45, 7) is 14.0. The van der Waals surface area contributed by atoms with Crippen molar-refractivity contribution in [2.24, 2.45) is 0 Å². The number of nitriles is 1. The number of allylic oxidation sites excluding steroid dienone is 2. The van der Waals surface area contributed by atoms with Gasteiger partial charge in [0.25, 0.3) is 0 Å². The van der Waals surface area contributed by atoms with E-state index in [0.29, 0.717) is 38.6 Å². The number of nitrogens with one attached hydrogen (secondary N) is 4. The normalized spacial score (nSPS) is 16.3. The summed E-state index contributed by atoms with van der Waals surface area (Å²) in [4.78, 5) is 6.93. The van der Waals surface area contributed by atoms with E-state index < -0.39 is 5.82 Å². The highest BCUT2D eigenvalue weighted by molar-refractivity contribution is 6.36. The highest BCUT2D eigenvalue weighted by Gasteiger charge is 2.24. The molecule has 1 aromatic heterocycles. The van der Waals surface area contributed by atoms with Gasteiger partial charge in [-0.05, 0) is 82.6 Å². The number of likely N-dealkylation sites (tertiary alicyclic amines) is 1. The van der Waals surface area contributed by atoms with E-state index in [1.54, 1.807) is 12.1 Å². The number of hydrogen-bond donors (Lipinski definition) is 4. The average molecular weight is 648 g/mol. The van der Waals surface area contributed by atoms with Crippen molar-refractivity contribution < 1.29 is 4.39 Å². The van der Waals surface area contributed by atoms with E-state index in [1.807, 2.05) is 29.4 Å². The molecule has 2 aliphatic heterocycles. The molecule has 8 nitrogen and oxygen atoms in total. The van der Waals surface area contributed by atoms with E-state index in [9.17, 15) is 9.65 Å². The first kappa shape index (κ1) is 32.3. The number of hydrogen-bond acceptors (Lipinski definition) is 8. The third-order valence-corrected chi connectivity index (χ3v) is 8.33. The summed E-state index contributed by atoms with van der Waals surface area (Å²) in [5.74, 6) is -0.533. The molecular weight excluding hydrogens is 610 g/mol. The van der Waals surface area contributed by atoms with E-state index in [4.69, 9.17) is 23.2 Å². The molecule has 234 valence electrons. The SMILES string of the molecule is C=C(/C=C\C=C(/C)CN1CCCC1)[C@H](Nc1cc(Cl)c2ncc(C#N)c(Nc3ccc(F)c(Cl)c3)c2c1)C1=CN(C(C)C)NN1. The highest BCUT2D eigenvalue weighted by atomic mass is 35.5. The number of aromatic nitrogens is 1. The Morgan fingerprint density at radius 1 is 1.18 bits per heavy atom. The standard InChI is InChI=1S/C34H37Cl2FN8/c1-21(2)45-20-31(42-43-45)32(23(4)9-7-8-22(3)19-44-12-5-6-13-44)41-26-14-27-33(40-25-10-11-30(37)28(35)15-25)24(17-38)18-39-34(27)29(36)16-26/h7-11,14-16,18,20-21,32,41-43H,4-6,12-13,19H2,1-3H3,(H,39,40)/b9-7-,22-8+/t32-/m0/s1. The van der Waals surface area contributed by atoms with Crippen molar-refractivity contribution in [2.45, 2.75) is 45.7 Å². The van der Waals surface area contributed by atoms with Gasteiger partial charge in [0.1, 0.15) is 11.9 Å². The molecule has 4 N–H and O–H groups in total. The fourth-order valence-electron chi connectivity index (χ4n) is 5.36. The maximum absolute atomic E-state index is 13.8. The van der Waals surface area contributed by atoms with Gasteiger partial charge in [-0.25, -0.2) is 4.39 Å². The number of anilines is 3. The number of hydrazine groups is 2. The summed E-state index contributed by atoms with van der Waals surface area (Å²) in [7, 11) is 0. The number of nitrogens with zero attached hydrogens (tertiary/aromatic N) is 4. The minimum atomic E-state index is -0.533. The second-order valence-electron chi connectivity index (χ2n) is 11.6. The van der Waals surface area contributed by atoms with Crippen LogP contribution in [0.25, 0.3) is 10.9 Å². The average Bonchev–Trinajstić information content (AvgIpc) is 3.71. The van der Waals surface area contributed by atoms with E-state index >= 15 is 0 Å². The van der Waals surface area contributed by atoms with Crippen LogP contribution in [0.2, 0.25) is 10.0 Å². The van der Waals surface area contributed by atoms with Crippen molar-refractivity contribution in [3.63, 3.8) is 0 Å². The van der Waals surface area contributed by atoms with Gasteiger partial charge in [0.05, 0.1) is 38.6 Å². The zero-order chi connectivity index (χ0) is 32.1. The first-order chi connectivity index (χ1) is 21.6. The van der Waals surface area contributed by atoms with E-state index in [0.717, 1.165) is 30.9 Å². The van der Waals surface area contributed by atoms with Gasteiger partial charge in [-0.3, -0.25) is 14.9 Å². The molecule has 0 amide bonds. The Hall–Kier alpha value is -4.07. The maximum atomic E-state index is 13.8. The molecule has 0 radical (unpaired) electrons. The molecule has 0 aliphatic carbocycles. The zero-order valence-corrected chi connectivity index (χ0v) is 27.1. The molecule has 0 bridgehead atoms. The number of fused-ring (bicyclic) bond motifs is 1. The molecule has 0 saturated carbocycles. The van der Waals surface area contributed by atoms with Gasteiger partial charge in [0, 0.05) is 41.7 Å².